The van der Waals surface area contributed by atoms with Gasteiger partial charge in [0.1, 0.15) is 5.52 Å². The molecule has 0 spiro atoms. The van der Waals surface area contributed by atoms with Gasteiger partial charge in [-0.3, -0.25) is 0 Å². The lowest BCUT2D eigenvalue weighted by Crippen LogP contribution is -2.20. The molecule has 1 atom stereocenters. The molecule has 0 fully saturated rings. The summed E-state index contributed by atoms with van der Waals surface area (Å²) in [4.78, 5) is 15.2. The van der Waals surface area contributed by atoms with Gasteiger partial charge in [-0.15, -0.1) is 0 Å². The Balaban J connectivity index is 2.14. The van der Waals surface area contributed by atoms with Crippen LogP contribution in [0.1, 0.15) is 13.8 Å². The molecule has 17 heavy (non-hydrogen) atoms. The van der Waals surface area contributed by atoms with Crippen LogP contribution in [0.2, 0.25) is 0 Å². The van der Waals surface area contributed by atoms with E-state index in [0.717, 1.165) is 5.52 Å². The van der Waals surface area contributed by atoms with Crippen molar-refractivity contribution in [2.45, 2.75) is 20.0 Å². The Morgan fingerprint density at radius 1 is 1.53 bits per heavy atom. The maximum absolute atomic E-state index is 5.60. The number of fused-ring (bicyclic) bond motifs is 1. The molecule has 0 aliphatic carbocycles. The van der Waals surface area contributed by atoms with Crippen molar-refractivity contribution in [1.29, 1.82) is 0 Å². The number of nitrogens with zero attached hydrogens (tertiary/aromatic N) is 3. The van der Waals surface area contributed by atoms with Gasteiger partial charge in [-0.2, -0.15) is 9.97 Å². The lowest BCUT2D eigenvalue weighted by Gasteiger charge is -2.13. The van der Waals surface area contributed by atoms with Crippen molar-refractivity contribution >= 4 is 22.9 Å². The Morgan fingerprint density at radius 2 is 2.35 bits per heavy atom. The Morgan fingerprint density at radius 3 is 3.12 bits per heavy atom. The van der Waals surface area contributed by atoms with Crippen molar-refractivity contribution in [3.8, 4) is 0 Å². The number of nitrogen functional groups attached to an aromatic ring is 1. The van der Waals surface area contributed by atoms with Gasteiger partial charge in [-0.05, 0) is 13.8 Å². The fraction of sp³-hybridized carbons (Fsp3) is 0.500. The molecule has 0 saturated carbocycles. The molecule has 0 bridgehead atoms. The molecular weight excluding hydrogens is 220 g/mol. The van der Waals surface area contributed by atoms with Gasteiger partial charge in [0.05, 0.1) is 12.4 Å². The van der Waals surface area contributed by atoms with Gasteiger partial charge in [0.2, 0.25) is 5.95 Å². The molecule has 0 amide bonds. The zero-order chi connectivity index (χ0) is 12.3. The number of rotatable bonds is 5. The van der Waals surface area contributed by atoms with E-state index in [1.807, 2.05) is 13.8 Å². The van der Waals surface area contributed by atoms with Gasteiger partial charge in [-0.1, -0.05) is 0 Å². The van der Waals surface area contributed by atoms with Crippen LogP contribution in [0.3, 0.4) is 0 Å². The molecular formula is C10H16N6O. The fourth-order valence-electron chi connectivity index (χ4n) is 1.56. The van der Waals surface area contributed by atoms with E-state index in [1.165, 1.54) is 0 Å². The summed E-state index contributed by atoms with van der Waals surface area (Å²) in [6.07, 6.45) is 1.67. The smallest absolute Gasteiger partial charge is 0.224 e. The summed E-state index contributed by atoms with van der Waals surface area (Å²) in [5, 5.41) is 3.17. The second kappa shape index (κ2) is 4.96. The summed E-state index contributed by atoms with van der Waals surface area (Å²) < 4.78 is 5.42. The summed E-state index contributed by atoms with van der Waals surface area (Å²) >= 11 is 0. The summed E-state index contributed by atoms with van der Waals surface area (Å²) in [7, 11) is 0. The number of ether oxygens (including phenoxy) is 1. The van der Waals surface area contributed by atoms with Crippen LogP contribution in [0.15, 0.2) is 6.33 Å². The Kier molecular flexibility index (Phi) is 3.38. The molecule has 2 heterocycles. The first-order chi connectivity index (χ1) is 8.20. The molecule has 2 rings (SSSR count). The molecule has 0 saturated heterocycles. The number of hydrogen-bond donors (Lipinski definition) is 3. The van der Waals surface area contributed by atoms with Crippen molar-refractivity contribution in [3.63, 3.8) is 0 Å². The number of H-pyrrole nitrogens is 1. The highest BCUT2D eigenvalue weighted by Crippen LogP contribution is 2.17. The second-order valence-corrected chi connectivity index (χ2v) is 3.68. The van der Waals surface area contributed by atoms with Gasteiger partial charge in [0.15, 0.2) is 11.5 Å². The highest BCUT2D eigenvalue weighted by Gasteiger charge is 2.09. The average molecular weight is 236 g/mol. The third kappa shape index (κ3) is 2.62. The van der Waals surface area contributed by atoms with Gasteiger partial charge in [0, 0.05) is 13.2 Å². The Bertz CT molecular complexity index is 497. The normalized spacial score (nSPS) is 12.8. The van der Waals surface area contributed by atoms with Crippen LogP contribution < -0.4 is 11.1 Å². The number of imidazole rings is 1. The number of aromatic amines is 1. The van der Waals surface area contributed by atoms with E-state index in [9.17, 15) is 0 Å². The monoisotopic (exact) mass is 236 g/mol. The minimum absolute atomic E-state index is 0.106. The first kappa shape index (κ1) is 11.6. The first-order valence-corrected chi connectivity index (χ1v) is 5.52. The summed E-state index contributed by atoms with van der Waals surface area (Å²) in [5.41, 5.74) is 6.91. The van der Waals surface area contributed by atoms with E-state index in [2.05, 4.69) is 25.3 Å². The van der Waals surface area contributed by atoms with Gasteiger partial charge in [0.25, 0.3) is 0 Å². The zero-order valence-electron chi connectivity index (χ0n) is 9.90. The number of nitrogens with one attached hydrogen (secondary N) is 2. The maximum atomic E-state index is 5.60. The van der Waals surface area contributed by atoms with Crippen molar-refractivity contribution < 1.29 is 4.74 Å². The molecule has 4 N–H and O–H groups in total. The predicted molar refractivity (Wildman–Crippen MR) is 65.7 cm³/mol. The van der Waals surface area contributed by atoms with E-state index in [4.69, 9.17) is 10.5 Å². The first-order valence-electron chi connectivity index (χ1n) is 5.52. The van der Waals surface area contributed by atoms with E-state index in [-0.39, 0.29) is 12.1 Å². The van der Waals surface area contributed by atoms with E-state index < -0.39 is 0 Å². The van der Waals surface area contributed by atoms with Crippen LogP contribution >= 0.6 is 0 Å². The van der Waals surface area contributed by atoms with Crippen LogP contribution in [0.4, 0.5) is 11.8 Å². The highest BCUT2D eigenvalue weighted by atomic mass is 16.5. The number of hydrogen-bond acceptors (Lipinski definition) is 6. The molecule has 0 aliphatic heterocycles. The van der Waals surface area contributed by atoms with Crippen molar-refractivity contribution in [1.82, 2.24) is 19.9 Å². The molecule has 0 aromatic carbocycles. The minimum atomic E-state index is 0.106. The maximum Gasteiger partial charge on any atom is 0.224 e. The molecule has 0 radical (unpaired) electrons. The standard InChI is InChI=1S/C10H16N6O/c1-3-17-6(2)4-12-8-7-9(14-5-13-7)16-10(11)15-8/h5-6H,3-4H2,1-2H3,(H4,11,12,13,14,15,16). The molecule has 7 heteroatoms. The zero-order valence-corrected chi connectivity index (χ0v) is 9.90. The van der Waals surface area contributed by atoms with Crippen LogP contribution in [0.25, 0.3) is 11.2 Å². The molecule has 2 aromatic rings. The third-order valence-corrected chi connectivity index (χ3v) is 2.31. The fourth-order valence-corrected chi connectivity index (χ4v) is 1.56. The number of nitrogens with two attached hydrogens (primary N) is 1. The van der Waals surface area contributed by atoms with Crippen molar-refractivity contribution in [3.05, 3.63) is 6.33 Å². The van der Waals surface area contributed by atoms with E-state index in [1.54, 1.807) is 6.33 Å². The Hall–Kier alpha value is -1.89. The van der Waals surface area contributed by atoms with Gasteiger partial charge < -0.3 is 20.8 Å². The minimum Gasteiger partial charge on any atom is -0.377 e. The van der Waals surface area contributed by atoms with Gasteiger partial charge in [-0.25, -0.2) is 4.98 Å². The van der Waals surface area contributed by atoms with Crippen LogP contribution in [0, 0.1) is 0 Å². The predicted octanol–water partition coefficient (Wildman–Crippen LogP) is 0.772. The van der Waals surface area contributed by atoms with E-state index in [0.29, 0.717) is 24.6 Å². The topological polar surface area (TPSA) is 102 Å². The van der Waals surface area contributed by atoms with Crippen molar-refractivity contribution in [2.24, 2.45) is 0 Å². The SMILES string of the molecule is CCOC(C)CNc1nc(N)nc2nc[nH]c12. The summed E-state index contributed by atoms with van der Waals surface area (Å²) in [6, 6.07) is 0. The molecule has 1 unspecified atom stereocenters. The molecule has 2 aromatic heterocycles. The van der Waals surface area contributed by atoms with Crippen molar-refractivity contribution in [2.75, 3.05) is 24.2 Å². The summed E-state index contributed by atoms with van der Waals surface area (Å²) in [5.74, 6) is 0.854. The molecule has 7 nitrogen and oxygen atoms in total. The molecule has 92 valence electrons. The Labute approximate surface area is 98.8 Å². The third-order valence-electron chi connectivity index (χ3n) is 2.31. The second-order valence-electron chi connectivity index (χ2n) is 3.68. The van der Waals surface area contributed by atoms with Gasteiger partial charge >= 0.3 is 0 Å². The largest absolute Gasteiger partial charge is 0.377 e. The number of anilines is 2. The average Bonchev–Trinajstić information content (AvgIpc) is 2.74. The van der Waals surface area contributed by atoms with Crippen LogP contribution in [-0.4, -0.2) is 39.2 Å². The van der Waals surface area contributed by atoms with Crippen LogP contribution in [-0.2, 0) is 4.74 Å². The summed E-state index contributed by atoms with van der Waals surface area (Å²) in [6.45, 7) is 5.30. The molecule has 0 aliphatic rings. The van der Waals surface area contributed by atoms with Crippen LogP contribution in [0.5, 0.6) is 0 Å². The lowest BCUT2D eigenvalue weighted by molar-refractivity contribution is 0.0855. The highest BCUT2D eigenvalue weighted by molar-refractivity contribution is 5.83. The number of aromatic nitrogens is 4. The quantitative estimate of drug-likeness (QED) is 0.708. The lowest BCUT2D eigenvalue weighted by atomic mass is 10.4. The van der Waals surface area contributed by atoms with E-state index >= 15 is 0 Å².